The molecule has 3 N–H and O–H groups in total. The fourth-order valence-electron chi connectivity index (χ4n) is 10.6. The SMILES string of the molecule is CCC/C=C\C/C=C\CCCCCCCC(=O)OCCCCCCCCCCCCC/C=C\CCCCCCCCCC(=O)NC(CO)C(O)/C=C/CCCCCCCCCCCCCCCCCCCCCCCCC. The van der Waals surface area contributed by atoms with Gasteiger partial charge >= 0.3 is 5.97 Å². The molecule has 2 unspecified atom stereocenters. The van der Waals surface area contributed by atoms with E-state index in [0.717, 1.165) is 57.8 Å². The van der Waals surface area contributed by atoms with Crippen LogP contribution in [-0.2, 0) is 14.3 Å². The Balaban J connectivity index is 3.46. The first-order chi connectivity index (χ1) is 38.0. The third kappa shape index (κ3) is 62.9. The molecule has 0 spiro atoms. The monoisotopic (exact) mass is 1080 g/mol. The van der Waals surface area contributed by atoms with Crippen molar-refractivity contribution in [3.8, 4) is 0 Å². The molecule has 0 aromatic rings. The van der Waals surface area contributed by atoms with E-state index in [1.807, 2.05) is 6.08 Å². The highest BCUT2D eigenvalue weighted by molar-refractivity contribution is 5.76. The lowest BCUT2D eigenvalue weighted by Crippen LogP contribution is -2.45. The molecule has 0 aromatic heterocycles. The Morgan fingerprint density at radius 2 is 0.675 bits per heavy atom. The van der Waals surface area contributed by atoms with Gasteiger partial charge in [-0.25, -0.2) is 0 Å². The van der Waals surface area contributed by atoms with Gasteiger partial charge in [0.2, 0.25) is 5.91 Å². The number of esters is 1. The topological polar surface area (TPSA) is 95.9 Å². The molecule has 0 radical (unpaired) electrons. The van der Waals surface area contributed by atoms with Crippen molar-refractivity contribution >= 4 is 11.9 Å². The van der Waals surface area contributed by atoms with E-state index in [2.05, 4.69) is 55.6 Å². The third-order valence-corrected chi connectivity index (χ3v) is 15.8. The predicted octanol–water partition coefficient (Wildman–Crippen LogP) is 22.1. The molecule has 0 bridgehead atoms. The van der Waals surface area contributed by atoms with Gasteiger partial charge in [0.25, 0.3) is 0 Å². The molecule has 0 saturated carbocycles. The fraction of sp³-hybridized carbons (Fsp3) is 0.859. The van der Waals surface area contributed by atoms with E-state index in [4.69, 9.17) is 4.74 Å². The van der Waals surface area contributed by atoms with Crippen LogP contribution in [0, 0.1) is 0 Å². The van der Waals surface area contributed by atoms with E-state index in [9.17, 15) is 19.8 Å². The number of allylic oxidation sites excluding steroid dienone is 7. The Bertz CT molecular complexity index is 1290. The summed E-state index contributed by atoms with van der Waals surface area (Å²) in [6.45, 7) is 4.85. The molecule has 6 heteroatoms. The molecular formula is C71H133NO5. The van der Waals surface area contributed by atoms with Crippen LogP contribution in [0.5, 0.6) is 0 Å². The summed E-state index contributed by atoms with van der Waals surface area (Å²) in [5.74, 6) is -0.0778. The van der Waals surface area contributed by atoms with Gasteiger partial charge in [-0.2, -0.15) is 0 Å². The lowest BCUT2D eigenvalue weighted by atomic mass is 10.0. The summed E-state index contributed by atoms with van der Waals surface area (Å²) in [5.41, 5.74) is 0. The van der Waals surface area contributed by atoms with E-state index < -0.39 is 12.1 Å². The first kappa shape index (κ1) is 74.8. The second-order valence-corrected chi connectivity index (χ2v) is 23.5. The largest absolute Gasteiger partial charge is 0.466 e. The van der Waals surface area contributed by atoms with Crippen molar-refractivity contribution in [3.05, 3.63) is 48.6 Å². The van der Waals surface area contributed by atoms with Crippen molar-refractivity contribution in [3.63, 3.8) is 0 Å². The number of ether oxygens (including phenoxy) is 1. The number of aliphatic hydroxyl groups excluding tert-OH is 2. The van der Waals surface area contributed by atoms with Crippen LogP contribution in [-0.4, -0.2) is 47.4 Å². The summed E-state index contributed by atoms with van der Waals surface area (Å²) in [6, 6.07) is -0.636. The second kappa shape index (κ2) is 66.3. The maximum absolute atomic E-state index is 12.5. The lowest BCUT2D eigenvalue weighted by Gasteiger charge is -2.20. The molecule has 0 fully saturated rings. The number of hydrogen-bond donors (Lipinski definition) is 3. The maximum Gasteiger partial charge on any atom is 0.305 e. The number of rotatable bonds is 64. The minimum Gasteiger partial charge on any atom is -0.466 e. The minimum absolute atomic E-state index is 0.00584. The molecule has 0 aliphatic rings. The highest BCUT2D eigenvalue weighted by atomic mass is 16.5. The van der Waals surface area contributed by atoms with Gasteiger partial charge in [0, 0.05) is 12.8 Å². The van der Waals surface area contributed by atoms with Crippen molar-refractivity contribution in [2.24, 2.45) is 0 Å². The van der Waals surface area contributed by atoms with Crippen molar-refractivity contribution in [2.45, 2.75) is 379 Å². The molecule has 0 aromatic carbocycles. The average Bonchev–Trinajstić information content (AvgIpc) is 3.43. The maximum atomic E-state index is 12.5. The van der Waals surface area contributed by atoms with E-state index in [-0.39, 0.29) is 18.5 Å². The molecular weight excluding hydrogens is 947 g/mol. The number of carbonyl (C=O) groups is 2. The highest BCUT2D eigenvalue weighted by Gasteiger charge is 2.18. The normalized spacial score (nSPS) is 12.8. The third-order valence-electron chi connectivity index (χ3n) is 15.8. The first-order valence-electron chi connectivity index (χ1n) is 34.4. The van der Waals surface area contributed by atoms with Gasteiger partial charge in [-0.3, -0.25) is 9.59 Å². The second-order valence-electron chi connectivity index (χ2n) is 23.5. The van der Waals surface area contributed by atoms with Gasteiger partial charge < -0.3 is 20.3 Å². The van der Waals surface area contributed by atoms with Gasteiger partial charge in [-0.15, -0.1) is 0 Å². The van der Waals surface area contributed by atoms with Crippen LogP contribution >= 0.6 is 0 Å². The number of nitrogens with one attached hydrogen (secondary N) is 1. The number of unbranched alkanes of at least 4 members (excludes halogenated alkanes) is 47. The van der Waals surface area contributed by atoms with Crippen LogP contribution in [0.25, 0.3) is 0 Å². The Labute approximate surface area is 480 Å². The van der Waals surface area contributed by atoms with Crippen LogP contribution in [0.1, 0.15) is 367 Å². The molecule has 0 saturated heterocycles. The zero-order valence-electron chi connectivity index (χ0n) is 51.7. The van der Waals surface area contributed by atoms with E-state index in [1.165, 1.54) is 283 Å². The van der Waals surface area contributed by atoms with E-state index in [1.54, 1.807) is 6.08 Å². The summed E-state index contributed by atoms with van der Waals surface area (Å²) in [5, 5.41) is 23.3. The minimum atomic E-state index is -0.851. The Kier molecular flexibility index (Phi) is 64.5. The smallest absolute Gasteiger partial charge is 0.305 e. The van der Waals surface area contributed by atoms with Crippen molar-refractivity contribution in [1.82, 2.24) is 5.32 Å². The zero-order chi connectivity index (χ0) is 55.7. The standard InChI is InChI=1S/C71H133NO5/c1-3-5-7-9-11-13-15-17-18-19-20-21-22-23-24-27-30-33-36-40-43-47-51-55-59-63-69(74)68(67-73)72-70(75)64-60-56-52-48-44-41-37-34-31-28-25-26-29-32-35-38-42-46-50-54-58-62-66-77-71(76)65-61-57-53-49-45-39-16-14-12-10-8-6-4-2/h8,10,14,16,28,31,59,63,68-69,73-74H,3-7,9,11-13,15,17-27,29-30,32-58,60-62,64-67H2,1-2H3,(H,72,75)/b10-8-,16-14-,31-28-,63-59+. The van der Waals surface area contributed by atoms with Gasteiger partial charge in [0.05, 0.1) is 25.4 Å². The summed E-state index contributed by atoms with van der Waals surface area (Å²) in [7, 11) is 0. The zero-order valence-corrected chi connectivity index (χ0v) is 51.7. The van der Waals surface area contributed by atoms with Crippen molar-refractivity contribution in [2.75, 3.05) is 13.2 Å². The quantitative estimate of drug-likeness (QED) is 0.0320. The van der Waals surface area contributed by atoms with Gasteiger partial charge in [0.15, 0.2) is 0 Å². The molecule has 452 valence electrons. The molecule has 77 heavy (non-hydrogen) atoms. The number of hydrogen-bond acceptors (Lipinski definition) is 5. The molecule has 6 nitrogen and oxygen atoms in total. The van der Waals surface area contributed by atoms with Crippen LogP contribution in [0.3, 0.4) is 0 Å². The molecule has 0 heterocycles. The number of aliphatic hydroxyl groups is 2. The van der Waals surface area contributed by atoms with Crippen LogP contribution < -0.4 is 5.32 Å². The summed E-state index contributed by atoms with van der Waals surface area (Å²) < 4.78 is 5.47. The lowest BCUT2D eigenvalue weighted by molar-refractivity contribution is -0.143. The number of amides is 1. The van der Waals surface area contributed by atoms with Crippen LogP contribution in [0.15, 0.2) is 48.6 Å². The number of carbonyl (C=O) groups excluding carboxylic acids is 2. The Hall–Kier alpha value is -2.18. The van der Waals surface area contributed by atoms with Gasteiger partial charge in [-0.1, -0.05) is 319 Å². The van der Waals surface area contributed by atoms with Gasteiger partial charge in [-0.05, 0) is 83.5 Å². The van der Waals surface area contributed by atoms with Gasteiger partial charge in [0.1, 0.15) is 0 Å². The first-order valence-corrected chi connectivity index (χ1v) is 34.4. The average molecular weight is 1080 g/mol. The molecule has 1 amide bonds. The van der Waals surface area contributed by atoms with E-state index >= 15 is 0 Å². The predicted molar refractivity (Wildman–Crippen MR) is 338 cm³/mol. The van der Waals surface area contributed by atoms with Crippen molar-refractivity contribution < 1.29 is 24.5 Å². The van der Waals surface area contributed by atoms with Crippen LogP contribution in [0.4, 0.5) is 0 Å². The van der Waals surface area contributed by atoms with E-state index in [0.29, 0.717) is 19.4 Å². The molecule has 2 atom stereocenters. The van der Waals surface area contributed by atoms with Crippen LogP contribution in [0.2, 0.25) is 0 Å². The fourth-order valence-corrected chi connectivity index (χ4v) is 10.6. The summed E-state index contributed by atoms with van der Waals surface area (Å²) >= 11 is 0. The molecule has 0 aliphatic carbocycles. The highest BCUT2D eigenvalue weighted by Crippen LogP contribution is 2.18. The molecule has 0 rings (SSSR count). The summed E-state index contributed by atoms with van der Waals surface area (Å²) in [4.78, 5) is 24.6. The molecule has 0 aliphatic heterocycles. The summed E-state index contributed by atoms with van der Waals surface area (Å²) in [6.07, 6.45) is 86.1. The Morgan fingerprint density at radius 3 is 1.05 bits per heavy atom. The Morgan fingerprint density at radius 1 is 0.364 bits per heavy atom. The van der Waals surface area contributed by atoms with Crippen molar-refractivity contribution in [1.29, 1.82) is 0 Å².